The molecule has 1 aromatic carbocycles. The molecule has 0 saturated carbocycles. The van der Waals surface area contributed by atoms with Crippen LogP contribution in [0.3, 0.4) is 0 Å². The molecule has 110 valence electrons. The molecule has 3 rings (SSSR count). The maximum Gasteiger partial charge on any atom is 0.160 e. The number of hydrogen-bond acceptors (Lipinski definition) is 3. The lowest BCUT2D eigenvalue weighted by Gasteiger charge is -2.34. The van der Waals surface area contributed by atoms with Gasteiger partial charge in [0.05, 0.1) is 13.2 Å². The van der Waals surface area contributed by atoms with Gasteiger partial charge in [-0.2, -0.15) is 0 Å². The summed E-state index contributed by atoms with van der Waals surface area (Å²) in [5.74, 6) is 0.243. The van der Waals surface area contributed by atoms with E-state index in [0.29, 0.717) is 36.3 Å². The third-order valence-corrected chi connectivity index (χ3v) is 4.46. The Morgan fingerprint density at radius 3 is 2.55 bits per heavy atom. The molecule has 5 heteroatoms. The fourth-order valence-electron chi connectivity index (χ4n) is 2.94. The van der Waals surface area contributed by atoms with Gasteiger partial charge in [-0.05, 0) is 38.1 Å². The third-order valence-electron chi connectivity index (χ3n) is 4.11. The van der Waals surface area contributed by atoms with Gasteiger partial charge in [0.25, 0.3) is 0 Å². The van der Waals surface area contributed by atoms with Crippen LogP contribution in [0.2, 0.25) is 5.02 Å². The second-order valence-electron chi connectivity index (χ2n) is 5.42. The first-order valence-electron chi connectivity index (χ1n) is 7.12. The van der Waals surface area contributed by atoms with Crippen molar-refractivity contribution in [3.05, 3.63) is 34.6 Å². The van der Waals surface area contributed by atoms with Gasteiger partial charge < -0.3 is 9.47 Å². The van der Waals surface area contributed by atoms with E-state index in [9.17, 15) is 4.39 Å². The first kappa shape index (κ1) is 14.3. The first-order chi connectivity index (χ1) is 9.74. The maximum absolute atomic E-state index is 13.8. The van der Waals surface area contributed by atoms with Crippen LogP contribution in [0, 0.1) is 11.7 Å². The number of likely N-dealkylation sites (tertiary alicyclic amines) is 1. The zero-order valence-electron chi connectivity index (χ0n) is 11.4. The Morgan fingerprint density at radius 1 is 1.20 bits per heavy atom. The van der Waals surface area contributed by atoms with E-state index >= 15 is 0 Å². The fraction of sp³-hybridized carbons (Fsp3) is 0.600. The zero-order chi connectivity index (χ0) is 13.9. The summed E-state index contributed by atoms with van der Waals surface area (Å²) < 4.78 is 24.9. The van der Waals surface area contributed by atoms with Crippen molar-refractivity contribution in [1.82, 2.24) is 4.90 Å². The molecule has 2 heterocycles. The van der Waals surface area contributed by atoms with Gasteiger partial charge in [0.1, 0.15) is 5.82 Å². The highest BCUT2D eigenvalue weighted by atomic mass is 35.5. The SMILES string of the molecule is Fc1cccc(Cl)c1CN1CCC(C2OCCO2)CC1. The summed E-state index contributed by atoms with van der Waals surface area (Å²) in [4.78, 5) is 2.25. The number of piperidine rings is 1. The Hall–Kier alpha value is -0.680. The summed E-state index contributed by atoms with van der Waals surface area (Å²) in [5.41, 5.74) is 0.598. The number of nitrogens with zero attached hydrogens (tertiary/aromatic N) is 1. The van der Waals surface area contributed by atoms with Gasteiger partial charge in [0.2, 0.25) is 0 Å². The molecule has 0 radical (unpaired) electrons. The van der Waals surface area contributed by atoms with Crippen LogP contribution >= 0.6 is 11.6 Å². The molecule has 20 heavy (non-hydrogen) atoms. The van der Waals surface area contributed by atoms with Gasteiger partial charge in [-0.3, -0.25) is 4.90 Å². The van der Waals surface area contributed by atoms with Crippen molar-refractivity contribution >= 4 is 11.6 Å². The van der Waals surface area contributed by atoms with Gasteiger partial charge >= 0.3 is 0 Å². The molecule has 2 saturated heterocycles. The molecule has 1 aromatic rings. The predicted molar refractivity (Wildman–Crippen MR) is 75.1 cm³/mol. The van der Waals surface area contributed by atoms with Crippen molar-refractivity contribution in [3.8, 4) is 0 Å². The number of rotatable bonds is 3. The van der Waals surface area contributed by atoms with E-state index in [2.05, 4.69) is 4.90 Å². The van der Waals surface area contributed by atoms with Crippen molar-refractivity contribution in [3.63, 3.8) is 0 Å². The number of hydrogen-bond donors (Lipinski definition) is 0. The molecule has 0 atom stereocenters. The van der Waals surface area contributed by atoms with Crippen molar-refractivity contribution in [2.45, 2.75) is 25.7 Å². The molecule has 0 aliphatic carbocycles. The van der Waals surface area contributed by atoms with Gasteiger partial charge in [-0.25, -0.2) is 4.39 Å². The minimum Gasteiger partial charge on any atom is -0.350 e. The normalized spacial score (nSPS) is 22.5. The van der Waals surface area contributed by atoms with E-state index in [1.807, 2.05) is 0 Å². The molecule has 0 bridgehead atoms. The molecule has 2 fully saturated rings. The highest BCUT2D eigenvalue weighted by Gasteiger charge is 2.30. The summed E-state index contributed by atoms with van der Waals surface area (Å²) in [7, 11) is 0. The molecular weight excluding hydrogens is 281 g/mol. The topological polar surface area (TPSA) is 21.7 Å². The highest BCUT2D eigenvalue weighted by molar-refractivity contribution is 6.31. The van der Waals surface area contributed by atoms with Gasteiger partial charge in [-0.15, -0.1) is 0 Å². The van der Waals surface area contributed by atoms with Gasteiger partial charge in [0.15, 0.2) is 6.29 Å². The van der Waals surface area contributed by atoms with Crippen molar-refractivity contribution < 1.29 is 13.9 Å². The molecule has 0 spiro atoms. The Morgan fingerprint density at radius 2 is 1.90 bits per heavy atom. The smallest absolute Gasteiger partial charge is 0.160 e. The zero-order valence-corrected chi connectivity index (χ0v) is 12.1. The van der Waals surface area contributed by atoms with Crippen LogP contribution in [0.1, 0.15) is 18.4 Å². The van der Waals surface area contributed by atoms with Crippen molar-refractivity contribution in [2.24, 2.45) is 5.92 Å². The first-order valence-corrected chi connectivity index (χ1v) is 7.50. The van der Waals surface area contributed by atoms with Gasteiger partial charge in [-0.1, -0.05) is 17.7 Å². The van der Waals surface area contributed by atoms with Crippen LogP contribution in [-0.2, 0) is 16.0 Å². The minimum absolute atomic E-state index is 0.0331. The standard InChI is InChI=1S/C15H19ClFNO2/c16-13-2-1-3-14(17)12(13)10-18-6-4-11(5-7-18)15-19-8-9-20-15/h1-3,11,15H,4-10H2. The second-order valence-corrected chi connectivity index (χ2v) is 5.83. The van der Waals surface area contributed by atoms with Crippen LogP contribution in [0.25, 0.3) is 0 Å². The number of halogens is 2. The van der Waals surface area contributed by atoms with E-state index in [-0.39, 0.29) is 12.1 Å². The van der Waals surface area contributed by atoms with E-state index < -0.39 is 0 Å². The molecule has 0 amide bonds. The molecule has 3 nitrogen and oxygen atoms in total. The lowest BCUT2D eigenvalue weighted by atomic mass is 9.96. The summed E-state index contributed by atoms with van der Waals surface area (Å²) in [6.45, 7) is 3.84. The van der Waals surface area contributed by atoms with Crippen LogP contribution < -0.4 is 0 Å². The van der Waals surface area contributed by atoms with E-state index in [4.69, 9.17) is 21.1 Å². The van der Waals surface area contributed by atoms with Crippen LogP contribution in [0.5, 0.6) is 0 Å². The van der Waals surface area contributed by atoms with Crippen LogP contribution in [-0.4, -0.2) is 37.5 Å². The molecule has 0 N–H and O–H groups in total. The fourth-order valence-corrected chi connectivity index (χ4v) is 3.16. The Kier molecular flexibility index (Phi) is 4.56. The third kappa shape index (κ3) is 3.14. The minimum atomic E-state index is -0.220. The maximum atomic E-state index is 13.8. The average molecular weight is 300 g/mol. The summed E-state index contributed by atoms with van der Waals surface area (Å²) in [6.07, 6.45) is 2.02. The number of ether oxygens (including phenoxy) is 2. The van der Waals surface area contributed by atoms with Crippen molar-refractivity contribution in [1.29, 1.82) is 0 Å². The highest BCUT2D eigenvalue weighted by Crippen LogP contribution is 2.28. The number of benzene rings is 1. The molecule has 2 aliphatic heterocycles. The largest absolute Gasteiger partial charge is 0.350 e. The lowest BCUT2D eigenvalue weighted by Crippen LogP contribution is -2.37. The van der Waals surface area contributed by atoms with E-state index in [1.54, 1.807) is 12.1 Å². The second kappa shape index (κ2) is 6.39. The monoisotopic (exact) mass is 299 g/mol. The summed E-state index contributed by atoms with van der Waals surface area (Å²) >= 11 is 6.07. The van der Waals surface area contributed by atoms with E-state index in [1.165, 1.54) is 6.07 Å². The van der Waals surface area contributed by atoms with Crippen LogP contribution in [0.4, 0.5) is 4.39 Å². The quantitative estimate of drug-likeness (QED) is 0.856. The molecule has 2 aliphatic rings. The molecular formula is C15H19ClFNO2. The Bertz CT molecular complexity index is 437. The molecule has 0 unspecified atom stereocenters. The summed E-state index contributed by atoms with van der Waals surface area (Å²) in [6, 6.07) is 4.85. The Balaban J connectivity index is 1.56. The summed E-state index contributed by atoms with van der Waals surface area (Å²) in [5, 5.41) is 0.509. The predicted octanol–water partition coefficient (Wildman–Crippen LogP) is 3.06. The van der Waals surface area contributed by atoms with Gasteiger partial charge in [0, 0.05) is 23.0 Å². The van der Waals surface area contributed by atoms with E-state index in [0.717, 1.165) is 25.9 Å². The van der Waals surface area contributed by atoms with Crippen molar-refractivity contribution in [2.75, 3.05) is 26.3 Å². The lowest BCUT2D eigenvalue weighted by molar-refractivity contribution is -0.0978. The van der Waals surface area contributed by atoms with Crippen LogP contribution in [0.15, 0.2) is 18.2 Å². The molecule has 0 aromatic heterocycles. The average Bonchev–Trinajstić information content (AvgIpc) is 2.98. The Labute approximate surface area is 123 Å².